The van der Waals surface area contributed by atoms with Gasteiger partial charge < -0.3 is 14.6 Å². The summed E-state index contributed by atoms with van der Waals surface area (Å²) in [6.45, 7) is -0.0585. The van der Waals surface area contributed by atoms with Crippen molar-refractivity contribution in [3.05, 3.63) is 23.3 Å². The molecule has 0 bridgehead atoms. The van der Waals surface area contributed by atoms with Crippen LogP contribution < -0.4 is 9.47 Å². The fourth-order valence-electron chi connectivity index (χ4n) is 1.39. The third-order valence-electron chi connectivity index (χ3n) is 2.20. The molecule has 0 saturated carbocycles. The summed E-state index contributed by atoms with van der Waals surface area (Å²) in [7, 11) is 3.14. The van der Waals surface area contributed by atoms with Crippen LogP contribution in [0.5, 0.6) is 11.5 Å². The smallest absolute Gasteiger partial charge is 0.138 e. The zero-order chi connectivity index (χ0) is 12.7. The van der Waals surface area contributed by atoms with Crippen LogP contribution in [0.1, 0.15) is 17.5 Å². The third kappa shape index (κ3) is 3.58. The number of aliphatic hydroxyl groups excluding tert-OH is 1. The van der Waals surface area contributed by atoms with Crippen LogP contribution in [0.4, 0.5) is 0 Å². The fourth-order valence-corrected chi connectivity index (χ4v) is 1.50. The van der Waals surface area contributed by atoms with Crippen LogP contribution in [0.2, 0.25) is 0 Å². The topological polar surface area (TPSA) is 38.7 Å². The molecule has 0 aromatic heterocycles. The molecule has 0 aliphatic heterocycles. The summed E-state index contributed by atoms with van der Waals surface area (Å²) in [6.07, 6.45) is 0.706. The first-order valence-corrected chi connectivity index (χ1v) is 5.85. The van der Waals surface area contributed by atoms with Gasteiger partial charge in [0.05, 0.1) is 20.8 Å². The lowest BCUT2D eigenvalue weighted by Crippen LogP contribution is -1.96. The van der Waals surface area contributed by atoms with E-state index < -0.39 is 0 Å². The molecule has 0 aliphatic rings. The van der Waals surface area contributed by atoms with Crippen LogP contribution in [-0.4, -0.2) is 25.1 Å². The van der Waals surface area contributed by atoms with E-state index in [-0.39, 0.29) is 6.61 Å². The summed E-state index contributed by atoms with van der Waals surface area (Å²) in [5.41, 5.74) is 1.44. The molecule has 1 aromatic rings. The Morgan fingerprint density at radius 3 is 2.24 bits per heavy atom. The Bertz CT molecular complexity index is 407. The SMILES string of the molecule is COc1cc(CO)cc(OC)c1C#CCCS. The molecule has 3 nitrogen and oxygen atoms in total. The number of rotatable bonds is 4. The monoisotopic (exact) mass is 252 g/mol. The van der Waals surface area contributed by atoms with Gasteiger partial charge in [-0.1, -0.05) is 11.8 Å². The van der Waals surface area contributed by atoms with Crippen LogP contribution in [0.25, 0.3) is 0 Å². The molecular weight excluding hydrogens is 236 g/mol. The maximum Gasteiger partial charge on any atom is 0.138 e. The van der Waals surface area contributed by atoms with Crippen molar-refractivity contribution in [3.63, 3.8) is 0 Å². The van der Waals surface area contributed by atoms with Gasteiger partial charge in [-0.25, -0.2) is 0 Å². The average Bonchev–Trinajstić information content (AvgIpc) is 2.38. The Labute approximate surface area is 107 Å². The molecule has 0 amide bonds. The summed E-state index contributed by atoms with van der Waals surface area (Å²) in [5.74, 6) is 7.93. The number of ether oxygens (including phenoxy) is 2. The first-order chi connectivity index (χ1) is 8.26. The molecule has 1 rings (SSSR count). The van der Waals surface area contributed by atoms with E-state index >= 15 is 0 Å². The Balaban J connectivity index is 3.21. The van der Waals surface area contributed by atoms with Crippen molar-refractivity contribution in [1.82, 2.24) is 0 Å². The summed E-state index contributed by atoms with van der Waals surface area (Å²) in [5, 5.41) is 9.13. The van der Waals surface area contributed by atoms with Gasteiger partial charge in [0, 0.05) is 12.2 Å². The quantitative estimate of drug-likeness (QED) is 0.634. The van der Waals surface area contributed by atoms with Crippen LogP contribution >= 0.6 is 12.6 Å². The number of hydrogen-bond acceptors (Lipinski definition) is 4. The van der Waals surface area contributed by atoms with E-state index in [0.717, 1.165) is 5.56 Å². The Morgan fingerprint density at radius 2 is 1.82 bits per heavy atom. The summed E-state index contributed by atoms with van der Waals surface area (Å²) < 4.78 is 10.5. The lowest BCUT2D eigenvalue weighted by molar-refractivity contribution is 0.280. The summed E-state index contributed by atoms with van der Waals surface area (Å²) >= 11 is 4.10. The second kappa shape index (κ2) is 7.10. The minimum atomic E-state index is -0.0585. The van der Waals surface area contributed by atoms with Crippen molar-refractivity contribution >= 4 is 12.6 Å². The van der Waals surface area contributed by atoms with Gasteiger partial charge in [0.2, 0.25) is 0 Å². The molecule has 0 atom stereocenters. The van der Waals surface area contributed by atoms with E-state index in [0.29, 0.717) is 29.2 Å². The third-order valence-corrected chi connectivity index (χ3v) is 2.42. The molecule has 0 aliphatic carbocycles. The van der Waals surface area contributed by atoms with E-state index in [4.69, 9.17) is 14.6 Å². The highest BCUT2D eigenvalue weighted by molar-refractivity contribution is 7.80. The van der Waals surface area contributed by atoms with E-state index in [9.17, 15) is 0 Å². The zero-order valence-corrected chi connectivity index (χ0v) is 10.9. The fraction of sp³-hybridized carbons (Fsp3) is 0.385. The van der Waals surface area contributed by atoms with Gasteiger partial charge >= 0.3 is 0 Å². The van der Waals surface area contributed by atoms with Gasteiger partial charge in [-0.2, -0.15) is 12.6 Å². The Hall–Kier alpha value is -1.31. The van der Waals surface area contributed by atoms with Crippen LogP contribution in [-0.2, 0) is 6.61 Å². The summed E-state index contributed by atoms with van der Waals surface area (Å²) in [4.78, 5) is 0. The molecule has 17 heavy (non-hydrogen) atoms. The minimum absolute atomic E-state index is 0.0585. The number of aliphatic hydroxyl groups is 1. The zero-order valence-electron chi connectivity index (χ0n) is 9.99. The van der Waals surface area contributed by atoms with Gasteiger partial charge in [-0.15, -0.1) is 0 Å². The number of methoxy groups -OCH3 is 2. The minimum Gasteiger partial charge on any atom is -0.495 e. The van der Waals surface area contributed by atoms with E-state index in [1.807, 2.05) is 0 Å². The maximum atomic E-state index is 9.13. The van der Waals surface area contributed by atoms with Crippen molar-refractivity contribution in [1.29, 1.82) is 0 Å². The molecule has 0 spiro atoms. The Kier molecular flexibility index (Phi) is 5.75. The molecular formula is C13H16O3S. The Morgan fingerprint density at radius 1 is 1.24 bits per heavy atom. The standard InChI is InChI=1S/C13H16O3S/c1-15-12-7-10(9-14)8-13(16-2)11(12)5-3-4-6-17/h7-8,14,17H,4,6,9H2,1-2H3. The van der Waals surface area contributed by atoms with Gasteiger partial charge in [0.15, 0.2) is 0 Å². The molecule has 1 N–H and O–H groups in total. The highest BCUT2D eigenvalue weighted by atomic mass is 32.1. The van der Waals surface area contributed by atoms with Crippen molar-refractivity contribution < 1.29 is 14.6 Å². The van der Waals surface area contributed by atoms with Crippen molar-refractivity contribution in [3.8, 4) is 23.3 Å². The van der Waals surface area contributed by atoms with E-state index in [2.05, 4.69) is 24.5 Å². The lowest BCUT2D eigenvalue weighted by atomic mass is 10.1. The van der Waals surface area contributed by atoms with Crippen molar-refractivity contribution in [2.75, 3.05) is 20.0 Å². The molecule has 0 radical (unpaired) electrons. The van der Waals surface area contributed by atoms with Crippen LogP contribution in [0.3, 0.4) is 0 Å². The molecule has 0 unspecified atom stereocenters. The first kappa shape index (κ1) is 13.8. The maximum absolute atomic E-state index is 9.13. The second-order valence-corrected chi connectivity index (χ2v) is 3.76. The molecule has 0 heterocycles. The van der Waals surface area contributed by atoms with Gasteiger partial charge in [0.1, 0.15) is 17.1 Å². The predicted molar refractivity (Wildman–Crippen MR) is 70.8 cm³/mol. The number of hydrogen-bond donors (Lipinski definition) is 2. The van der Waals surface area contributed by atoms with E-state index in [1.54, 1.807) is 26.4 Å². The van der Waals surface area contributed by atoms with E-state index in [1.165, 1.54) is 0 Å². The predicted octanol–water partition coefficient (Wildman–Crippen LogP) is 1.87. The van der Waals surface area contributed by atoms with Crippen molar-refractivity contribution in [2.24, 2.45) is 0 Å². The van der Waals surface area contributed by atoms with Gasteiger partial charge in [-0.3, -0.25) is 0 Å². The second-order valence-electron chi connectivity index (χ2n) is 3.31. The summed E-state index contributed by atoms with van der Waals surface area (Å²) in [6, 6.07) is 3.51. The molecule has 92 valence electrons. The largest absolute Gasteiger partial charge is 0.495 e. The molecule has 0 saturated heterocycles. The number of thiol groups is 1. The average molecular weight is 252 g/mol. The molecule has 4 heteroatoms. The van der Waals surface area contributed by atoms with Gasteiger partial charge in [-0.05, 0) is 17.7 Å². The molecule has 0 fully saturated rings. The normalized spacial score (nSPS) is 9.41. The lowest BCUT2D eigenvalue weighted by Gasteiger charge is -2.10. The first-order valence-electron chi connectivity index (χ1n) is 5.22. The molecule has 1 aromatic carbocycles. The van der Waals surface area contributed by atoms with Crippen LogP contribution in [0, 0.1) is 11.8 Å². The van der Waals surface area contributed by atoms with Crippen LogP contribution in [0.15, 0.2) is 12.1 Å². The highest BCUT2D eigenvalue weighted by Gasteiger charge is 2.10. The number of benzene rings is 1. The highest BCUT2D eigenvalue weighted by Crippen LogP contribution is 2.29. The van der Waals surface area contributed by atoms with Crippen molar-refractivity contribution in [2.45, 2.75) is 13.0 Å². The van der Waals surface area contributed by atoms with Gasteiger partial charge in [0.25, 0.3) is 0 Å².